The maximum atomic E-state index is 6.12. The molecule has 1 saturated heterocycles. The van der Waals surface area contributed by atoms with Crippen molar-refractivity contribution in [2.75, 3.05) is 11.9 Å². The second kappa shape index (κ2) is 8.44. The highest BCUT2D eigenvalue weighted by Gasteiger charge is 2.43. The van der Waals surface area contributed by atoms with E-state index in [4.69, 9.17) is 37.7 Å². The van der Waals surface area contributed by atoms with Crippen LogP contribution in [-0.4, -0.2) is 24.5 Å². The molecule has 6 heteroatoms. The Morgan fingerprint density at radius 1 is 1.04 bits per heavy atom. The van der Waals surface area contributed by atoms with Crippen LogP contribution in [-0.2, 0) is 14.5 Å². The van der Waals surface area contributed by atoms with Gasteiger partial charge in [-0.3, -0.25) is 0 Å². The average molecular weight is 420 g/mol. The van der Waals surface area contributed by atoms with Crippen LogP contribution in [0.1, 0.15) is 31.2 Å². The Morgan fingerprint density at radius 3 is 2.32 bits per heavy atom. The number of hydrogen-bond donors (Lipinski definition) is 1. The molecule has 2 aromatic carbocycles. The lowest BCUT2D eigenvalue weighted by Gasteiger charge is -2.43. The molecule has 1 saturated carbocycles. The normalized spacial score (nSPS) is 27.5. The molecule has 148 valence electrons. The molecule has 1 N–H and O–H groups in total. The van der Waals surface area contributed by atoms with E-state index in [1.807, 2.05) is 42.5 Å². The average Bonchev–Trinajstić information content (AvgIpc) is 2.70. The van der Waals surface area contributed by atoms with E-state index in [0.29, 0.717) is 22.7 Å². The molecule has 0 radical (unpaired) electrons. The molecule has 1 unspecified atom stereocenters. The standard InChI is InChI=1S/C22H23Cl2NO3/c1-15(16-5-3-2-4-6-16)21-14-26-22(28-27-21)9-7-19(8-10-22)25-20-12-17(23)11-18(24)13-20/h2-6,11-13,19,21,25H,1,7-10,14H2. The summed E-state index contributed by atoms with van der Waals surface area (Å²) in [6, 6.07) is 15.8. The fourth-order valence-electron chi connectivity index (χ4n) is 3.72. The molecule has 0 bridgehead atoms. The fourth-order valence-corrected chi connectivity index (χ4v) is 4.25. The molecule has 1 heterocycles. The minimum Gasteiger partial charge on any atom is -0.382 e. The van der Waals surface area contributed by atoms with Crippen LogP contribution >= 0.6 is 23.2 Å². The molecule has 1 aliphatic heterocycles. The van der Waals surface area contributed by atoms with Crippen molar-refractivity contribution in [3.63, 3.8) is 0 Å². The summed E-state index contributed by atoms with van der Waals surface area (Å²) in [6.45, 7) is 4.58. The Morgan fingerprint density at radius 2 is 1.71 bits per heavy atom. The molecule has 4 rings (SSSR count). The lowest BCUT2D eigenvalue weighted by atomic mass is 9.89. The monoisotopic (exact) mass is 419 g/mol. The first-order valence-corrected chi connectivity index (χ1v) is 10.2. The molecule has 2 fully saturated rings. The first-order chi connectivity index (χ1) is 13.5. The van der Waals surface area contributed by atoms with Crippen LogP contribution in [0.3, 0.4) is 0 Å². The molecule has 1 aliphatic carbocycles. The SMILES string of the molecule is C=C(c1ccccc1)C1COC2(CCC(Nc3cc(Cl)cc(Cl)c3)CC2)OO1. The van der Waals surface area contributed by atoms with Crippen LogP contribution in [0.4, 0.5) is 5.69 Å². The summed E-state index contributed by atoms with van der Waals surface area (Å²) in [4.78, 5) is 11.4. The largest absolute Gasteiger partial charge is 0.382 e. The third-order valence-corrected chi connectivity index (χ3v) is 5.76. The first-order valence-electron chi connectivity index (χ1n) is 9.48. The molecule has 2 aromatic rings. The van der Waals surface area contributed by atoms with Crippen molar-refractivity contribution in [2.45, 2.75) is 43.6 Å². The first kappa shape index (κ1) is 19.7. The van der Waals surface area contributed by atoms with E-state index < -0.39 is 5.79 Å². The van der Waals surface area contributed by atoms with Gasteiger partial charge in [0, 0.05) is 34.6 Å². The summed E-state index contributed by atoms with van der Waals surface area (Å²) in [5.74, 6) is -0.669. The number of benzene rings is 2. The van der Waals surface area contributed by atoms with E-state index in [9.17, 15) is 0 Å². The zero-order valence-corrected chi connectivity index (χ0v) is 17.0. The molecule has 0 amide bonds. The Kier molecular flexibility index (Phi) is 5.95. The lowest BCUT2D eigenvalue weighted by Crippen LogP contribution is -2.49. The molecule has 28 heavy (non-hydrogen) atoms. The number of rotatable bonds is 4. The number of halogens is 2. The number of hydrogen-bond acceptors (Lipinski definition) is 4. The predicted octanol–water partition coefficient (Wildman–Crippen LogP) is 6.10. The lowest BCUT2D eigenvalue weighted by molar-refractivity contribution is -0.483. The van der Waals surface area contributed by atoms with Crippen LogP contribution < -0.4 is 5.32 Å². The minimum atomic E-state index is -0.669. The van der Waals surface area contributed by atoms with Gasteiger partial charge in [0.15, 0.2) is 0 Å². The van der Waals surface area contributed by atoms with Crippen LogP contribution in [0, 0.1) is 0 Å². The van der Waals surface area contributed by atoms with Gasteiger partial charge in [0.1, 0.15) is 6.10 Å². The highest BCUT2D eigenvalue weighted by molar-refractivity contribution is 6.35. The predicted molar refractivity (Wildman–Crippen MR) is 112 cm³/mol. The Hall–Kier alpha value is -1.56. The minimum absolute atomic E-state index is 0.294. The molecule has 1 atom stereocenters. The van der Waals surface area contributed by atoms with Gasteiger partial charge < -0.3 is 10.1 Å². The van der Waals surface area contributed by atoms with Gasteiger partial charge in [0.25, 0.3) is 0 Å². The topological polar surface area (TPSA) is 39.7 Å². The van der Waals surface area contributed by atoms with Crippen LogP contribution in [0.15, 0.2) is 55.1 Å². The van der Waals surface area contributed by atoms with E-state index in [-0.39, 0.29) is 6.10 Å². The third-order valence-electron chi connectivity index (χ3n) is 5.33. The van der Waals surface area contributed by atoms with Crippen molar-refractivity contribution < 1.29 is 14.5 Å². The molecule has 2 aliphatic rings. The van der Waals surface area contributed by atoms with Gasteiger partial charge in [-0.05, 0) is 42.2 Å². The zero-order chi connectivity index (χ0) is 19.6. The Labute approximate surface area is 175 Å². The van der Waals surface area contributed by atoms with Crippen molar-refractivity contribution in [1.29, 1.82) is 0 Å². The van der Waals surface area contributed by atoms with Crippen molar-refractivity contribution in [3.8, 4) is 0 Å². The van der Waals surface area contributed by atoms with Crippen molar-refractivity contribution in [3.05, 3.63) is 70.7 Å². The summed E-state index contributed by atoms with van der Waals surface area (Å²) < 4.78 is 6.12. The summed E-state index contributed by atoms with van der Waals surface area (Å²) in [7, 11) is 0. The fraction of sp³-hybridized carbons (Fsp3) is 0.364. The van der Waals surface area contributed by atoms with Gasteiger partial charge in [-0.15, -0.1) is 0 Å². The quantitative estimate of drug-likeness (QED) is 0.607. The van der Waals surface area contributed by atoms with E-state index in [0.717, 1.165) is 42.5 Å². The van der Waals surface area contributed by atoms with Gasteiger partial charge in [-0.25, -0.2) is 9.78 Å². The van der Waals surface area contributed by atoms with Crippen molar-refractivity contribution in [2.24, 2.45) is 0 Å². The molecule has 1 spiro atoms. The number of anilines is 1. The highest BCUT2D eigenvalue weighted by Crippen LogP contribution is 2.39. The van der Waals surface area contributed by atoms with E-state index in [1.165, 1.54) is 0 Å². The second-order valence-electron chi connectivity index (χ2n) is 7.36. The van der Waals surface area contributed by atoms with Gasteiger partial charge in [-0.1, -0.05) is 60.1 Å². The van der Waals surface area contributed by atoms with Crippen molar-refractivity contribution >= 4 is 34.5 Å². The molecule has 4 nitrogen and oxygen atoms in total. The van der Waals surface area contributed by atoms with E-state index >= 15 is 0 Å². The Balaban J connectivity index is 1.30. The van der Waals surface area contributed by atoms with Crippen LogP contribution in [0.5, 0.6) is 0 Å². The summed E-state index contributed by atoms with van der Waals surface area (Å²) in [5, 5.41) is 4.75. The van der Waals surface area contributed by atoms with Crippen LogP contribution in [0.2, 0.25) is 10.0 Å². The maximum Gasteiger partial charge on any atom is 0.201 e. The number of ether oxygens (including phenoxy) is 1. The Bertz CT molecular complexity index is 805. The van der Waals surface area contributed by atoms with Gasteiger partial charge in [0.2, 0.25) is 5.79 Å². The zero-order valence-electron chi connectivity index (χ0n) is 15.5. The molecule has 0 aromatic heterocycles. The molecular formula is C22H23Cl2NO3. The summed E-state index contributed by atoms with van der Waals surface area (Å²) in [5.41, 5.74) is 2.83. The summed E-state index contributed by atoms with van der Waals surface area (Å²) in [6.07, 6.45) is 3.01. The van der Waals surface area contributed by atoms with Gasteiger partial charge in [-0.2, -0.15) is 0 Å². The smallest absolute Gasteiger partial charge is 0.201 e. The highest BCUT2D eigenvalue weighted by atomic mass is 35.5. The van der Waals surface area contributed by atoms with Gasteiger partial charge in [0.05, 0.1) is 6.61 Å². The number of nitrogens with one attached hydrogen (secondary N) is 1. The van der Waals surface area contributed by atoms with Crippen LogP contribution in [0.25, 0.3) is 5.57 Å². The summed E-state index contributed by atoms with van der Waals surface area (Å²) >= 11 is 12.2. The van der Waals surface area contributed by atoms with E-state index in [2.05, 4.69) is 11.9 Å². The second-order valence-corrected chi connectivity index (χ2v) is 8.23. The maximum absolute atomic E-state index is 6.12. The molecular weight excluding hydrogens is 397 g/mol. The van der Waals surface area contributed by atoms with E-state index in [1.54, 1.807) is 6.07 Å². The van der Waals surface area contributed by atoms with Crippen molar-refractivity contribution in [1.82, 2.24) is 0 Å². The third kappa shape index (κ3) is 4.53. The van der Waals surface area contributed by atoms with Gasteiger partial charge >= 0.3 is 0 Å².